The fourth-order valence-electron chi connectivity index (χ4n) is 3.37. The van der Waals surface area contributed by atoms with Crippen LogP contribution in [-0.2, 0) is 9.59 Å². The number of likely N-dealkylation sites (tertiary alicyclic amines) is 1. The number of piperidine rings is 1. The largest absolute Gasteiger partial charge is 0.350 e. The van der Waals surface area contributed by atoms with Gasteiger partial charge in [-0.05, 0) is 37.8 Å². The molecule has 6 heteroatoms. The summed E-state index contributed by atoms with van der Waals surface area (Å²) < 4.78 is 1.12. The molecule has 0 radical (unpaired) electrons. The van der Waals surface area contributed by atoms with Gasteiger partial charge >= 0.3 is 0 Å². The molecule has 1 aliphatic carbocycles. The maximum absolute atomic E-state index is 12.2. The van der Waals surface area contributed by atoms with E-state index in [1.807, 2.05) is 29.2 Å². The van der Waals surface area contributed by atoms with Gasteiger partial charge in [0.2, 0.25) is 11.8 Å². The van der Waals surface area contributed by atoms with Crippen molar-refractivity contribution >= 4 is 50.9 Å². The molecule has 0 unspecified atom stereocenters. The lowest BCUT2D eigenvalue weighted by atomic mass is 10.0. The van der Waals surface area contributed by atoms with Gasteiger partial charge in [0.05, 0.1) is 5.02 Å². The van der Waals surface area contributed by atoms with Crippen molar-refractivity contribution in [3.05, 3.63) is 40.2 Å². The van der Waals surface area contributed by atoms with E-state index in [4.69, 9.17) is 11.6 Å². The van der Waals surface area contributed by atoms with Crippen molar-refractivity contribution < 1.29 is 9.59 Å². The van der Waals surface area contributed by atoms with Crippen LogP contribution in [0, 0.1) is 5.92 Å². The molecule has 0 spiro atoms. The summed E-state index contributed by atoms with van der Waals surface area (Å²) in [6.45, 7) is 1.48. The molecule has 4 rings (SSSR count). The first-order valence-corrected chi connectivity index (χ1v) is 10.3. The number of hydrogen-bond acceptors (Lipinski definition) is 3. The Labute approximate surface area is 161 Å². The molecule has 2 amide bonds. The van der Waals surface area contributed by atoms with E-state index in [0.29, 0.717) is 10.9 Å². The molecular formula is C20H21ClN2O2S. The molecule has 2 heterocycles. The molecule has 26 heavy (non-hydrogen) atoms. The molecule has 1 aromatic heterocycles. The van der Waals surface area contributed by atoms with Crippen LogP contribution >= 0.6 is 22.9 Å². The van der Waals surface area contributed by atoms with Gasteiger partial charge in [0.1, 0.15) is 0 Å². The maximum Gasteiger partial charge on any atom is 0.244 e. The highest BCUT2D eigenvalue weighted by molar-refractivity contribution is 7.20. The van der Waals surface area contributed by atoms with Crippen LogP contribution < -0.4 is 5.32 Å². The van der Waals surface area contributed by atoms with Gasteiger partial charge in [-0.15, -0.1) is 11.3 Å². The summed E-state index contributed by atoms with van der Waals surface area (Å²) in [5.74, 6) is 0.467. The molecule has 136 valence electrons. The van der Waals surface area contributed by atoms with Crippen LogP contribution in [0.1, 0.15) is 30.6 Å². The summed E-state index contributed by atoms with van der Waals surface area (Å²) in [5, 5.41) is 4.76. The lowest BCUT2D eigenvalue weighted by molar-refractivity contribution is -0.133. The van der Waals surface area contributed by atoms with Crippen LogP contribution in [0.15, 0.2) is 30.3 Å². The van der Waals surface area contributed by atoms with Crippen molar-refractivity contribution in [2.24, 2.45) is 5.92 Å². The zero-order chi connectivity index (χ0) is 18.1. The molecule has 1 saturated carbocycles. The molecular weight excluding hydrogens is 368 g/mol. The Morgan fingerprint density at radius 3 is 2.58 bits per heavy atom. The summed E-state index contributed by atoms with van der Waals surface area (Å²) in [7, 11) is 0. The Morgan fingerprint density at radius 2 is 1.88 bits per heavy atom. The summed E-state index contributed by atoms with van der Waals surface area (Å²) in [6, 6.07) is 8.09. The van der Waals surface area contributed by atoms with Crippen LogP contribution in [0.25, 0.3) is 16.2 Å². The zero-order valence-electron chi connectivity index (χ0n) is 14.4. The Hall–Kier alpha value is -1.85. The first kappa shape index (κ1) is 17.6. The van der Waals surface area contributed by atoms with E-state index in [2.05, 4.69) is 5.32 Å². The third kappa shape index (κ3) is 3.79. The SMILES string of the molecule is O=C(/C=C/c1sc2ccccc2c1Cl)NC1CCN(C(=O)C2CC2)CC1. The highest BCUT2D eigenvalue weighted by atomic mass is 35.5. The number of halogens is 1. The monoisotopic (exact) mass is 388 g/mol. The van der Waals surface area contributed by atoms with E-state index in [-0.39, 0.29) is 17.9 Å². The molecule has 1 N–H and O–H groups in total. The number of rotatable bonds is 4. The standard InChI is InChI=1S/C20H21ClN2O2S/c21-19-15-3-1-2-4-16(15)26-17(19)7-8-18(24)22-14-9-11-23(12-10-14)20(25)13-5-6-13/h1-4,7-8,13-14H,5-6,9-12H2,(H,22,24)/b8-7+. The summed E-state index contributed by atoms with van der Waals surface area (Å²) in [5.41, 5.74) is 0. The fraction of sp³-hybridized carbons (Fsp3) is 0.400. The Morgan fingerprint density at radius 1 is 1.15 bits per heavy atom. The van der Waals surface area contributed by atoms with Gasteiger partial charge in [0, 0.05) is 46.1 Å². The van der Waals surface area contributed by atoms with Crippen LogP contribution in [-0.4, -0.2) is 35.8 Å². The van der Waals surface area contributed by atoms with Gasteiger partial charge in [0.15, 0.2) is 0 Å². The number of carbonyl (C=O) groups is 2. The van der Waals surface area contributed by atoms with E-state index >= 15 is 0 Å². The molecule has 2 aliphatic rings. The first-order chi connectivity index (χ1) is 12.6. The van der Waals surface area contributed by atoms with Gasteiger partial charge in [-0.1, -0.05) is 29.8 Å². The van der Waals surface area contributed by atoms with Crippen molar-refractivity contribution in [1.82, 2.24) is 10.2 Å². The number of carbonyl (C=O) groups excluding carboxylic acids is 2. The highest BCUT2D eigenvalue weighted by Crippen LogP contribution is 2.36. The second-order valence-electron chi connectivity index (χ2n) is 6.99. The number of amides is 2. The Balaban J connectivity index is 1.31. The average Bonchev–Trinajstić information content (AvgIpc) is 3.45. The van der Waals surface area contributed by atoms with Crippen molar-refractivity contribution in [3.63, 3.8) is 0 Å². The van der Waals surface area contributed by atoms with Crippen LogP contribution in [0.4, 0.5) is 0 Å². The number of nitrogens with zero attached hydrogens (tertiary/aromatic N) is 1. The topological polar surface area (TPSA) is 49.4 Å². The molecule has 1 aliphatic heterocycles. The molecule has 1 aromatic carbocycles. The minimum atomic E-state index is -0.106. The van der Waals surface area contributed by atoms with E-state index in [1.165, 1.54) is 0 Å². The molecule has 2 aromatic rings. The normalized spacial score (nSPS) is 18.6. The molecule has 4 nitrogen and oxygen atoms in total. The van der Waals surface area contributed by atoms with Crippen molar-refractivity contribution in [2.75, 3.05) is 13.1 Å². The van der Waals surface area contributed by atoms with Crippen molar-refractivity contribution in [2.45, 2.75) is 31.7 Å². The van der Waals surface area contributed by atoms with Gasteiger partial charge in [-0.2, -0.15) is 0 Å². The van der Waals surface area contributed by atoms with Gasteiger partial charge in [-0.3, -0.25) is 9.59 Å². The fourth-order valence-corrected chi connectivity index (χ4v) is 4.77. The number of benzene rings is 1. The summed E-state index contributed by atoms with van der Waals surface area (Å²) in [4.78, 5) is 27.1. The third-order valence-electron chi connectivity index (χ3n) is 5.03. The van der Waals surface area contributed by atoms with Crippen LogP contribution in [0.2, 0.25) is 5.02 Å². The van der Waals surface area contributed by atoms with Crippen molar-refractivity contribution in [3.8, 4) is 0 Å². The lowest BCUT2D eigenvalue weighted by Gasteiger charge is -2.32. The number of hydrogen-bond donors (Lipinski definition) is 1. The molecule has 1 saturated heterocycles. The predicted molar refractivity (Wildman–Crippen MR) is 106 cm³/mol. The van der Waals surface area contributed by atoms with E-state index in [0.717, 1.165) is 53.7 Å². The number of nitrogens with one attached hydrogen (secondary N) is 1. The Bertz CT molecular complexity index is 864. The summed E-state index contributed by atoms with van der Waals surface area (Å²) in [6.07, 6.45) is 7.07. The predicted octanol–water partition coefficient (Wildman–Crippen LogP) is 4.09. The lowest BCUT2D eigenvalue weighted by Crippen LogP contribution is -2.46. The minimum absolute atomic E-state index is 0.106. The maximum atomic E-state index is 12.2. The molecule has 0 atom stereocenters. The summed E-state index contributed by atoms with van der Waals surface area (Å²) >= 11 is 7.98. The molecule has 2 fully saturated rings. The number of fused-ring (bicyclic) bond motifs is 1. The highest BCUT2D eigenvalue weighted by Gasteiger charge is 2.34. The minimum Gasteiger partial charge on any atom is -0.350 e. The smallest absolute Gasteiger partial charge is 0.244 e. The van der Waals surface area contributed by atoms with Crippen LogP contribution in [0.5, 0.6) is 0 Å². The van der Waals surface area contributed by atoms with Crippen molar-refractivity contribution in [1.29, 1.82) is 0 Å². The van der Waals surface area contributed by atoms with Gasteiger partial charge in [-0.25, -0.2) is 0 Å². The Kier molecular flexibility index (Phi) is 5.00. The van der Waals surface area contributed by atoms with E-state index in [1.54, 1.807) is 23.5 Å². The van der Waals surface area contributed by atoms with Gasteiger partial charge < -0.3 is 10.2 Å². The average molecular weight is 389 g/mol. The quantitative estimate of drug-likeness (QED) is 0.802. The molecule has 0 bridgehead atoms. The van der Waals surface area contributed by atoms with E-state index < -0.39 is 0 Å². The van der Waals surface area contributed by atoms with Crippen LogP contribution in [0.3, 0.4) is 0 Å². The van der Waals surface area contributed by atoms with Gasteiger partial charge in [0.25, 0.3) is 0 Å². The van der Waals surface area contributed by atoms with E-state index in [9.17, 15) is 9.59 Å². The second-order valence-corrected chi connectivity index (χ2v) is 8.45. The zero-order valence-corrected chi connectivity index (χ0v) is 16.0. The third-order valence-corrected chi connectivity index (χ3v) is 6.68. The second kappa shape index (κ2) is 7.41. The first-order valence-electron chi connectivity index (χ1n) is 9.06. The number of thiophene rings is 1.